The second kappa shape index (κ2) is 3.46. The number of nitrogens with two attached hydrogens (primary N) is 1. The summed E-state index contributed by atoms with van der Waals surface area (Å²) >= 11 is 0. The first kappa shape index (κ1) is 11.4. The highest BCUT2D eigenvalue weighted by Gasteiger charge is 2.45. The van der Waals surface area contributed by atoms with E-state index in [4.69, 9.17) is 5.73 Å². The van der Waals surface area contributed by atoms with E-state index in [0.717, 1.165) is 0 Å². The van der Waals surface area contributed by atoms with E-state index in [-0.39, 0.29) is 24.7 Å². The molecular weight excluding hydrogens is 190 g/mol. The van der Waals surface area contributed by atoms with E-state index in [9.17, 15) is 13.6 Å². The van der Waals surface area contributed by atoms with Gasteiger partial charge in [-0.2, -0.15) is 0 Å². The lowest BCUT2D eigenvalue weighted by Crippen LogP contribution is -2.52. The van der Waals surface area contributed by atoms with Gasteiger partial charge in [-0.05, 0) is 19.8 Å². The molecule has 1 amide bonds. The van der Waals surface area contributed by atoms with Crippen LogP contribution in [0.3, 0.4) is 0 Å². The smallest absolute Gasteiger partial charge is 0.248 e. The summed E-state index contributed by atoms with van der Waals surface area (Å²) in [5.74, 6) is -2.92. The molecule has 1 rings (SSSR count). The molecule has 82 valence electrons. The summed E-state index contributed by atoms with van der Waals surface area (Å²) in [7, 11) is 0. The van der Waals surface area contributed by atoms with Crippen molar-refractivity contribution in [2.45, 2.75) is 38.2 Å². The maximum absolute atomic E-state index is 12.4. The molecule has 3 N–H and O–H groups in total. The van der Waals surface area contributed by atoms with E-state index >= 15 is 0 Å². The SMILES string of the molecule is CC(C)(N)C(=O)NCC1CC(F)(F)C1. The minimum absolute atomic E-state index is 0.101. The second-order valence-corrected chi connectivity index (χ2v) is 4.56. The maximum atomic E-state index is 12.4. The molecule has 5 heteroatoms. The largest absolute Gasteiger partial charge is 0.354 e. The van der Waals surface area contributed by atoms with Gasteiger partial charge in [0.25, 0.3) is 0 Å². The number of hydrogen-bond donors (Lipinski definition) is 2. The molecule has 0 aromatic carbocycles. The Bertz CT molecular complexity index is 227. The number of carbonyl (C=O) groups is 1. The summed E-state index contributed by atoms with van der Waals surface area (Å²) in [5, 5.41) is 2.57. The van der Waals surface area contributed by atoms with Gasteiger partial charge >= 0.3 is 0 Å². The van der Waals surface area contributed by atoms with Crippen LogP contribution < -0.4 is 11.1 Å². The van der Waals surface area contributed by atoms with Crippen molar-refractivity contribution >= 4 is 5.91 Å². The lowest BCUT2D eigenvalue weighted by Gasteiger charge is -2.35. The molecule has 14 heavy (non-hydrogen) atoms. The van der Waals surface area contributed by atoms with Gasteiger partial charge in [0.05, 0.1) is 5.54 Å². The second-order valence-electron chi connectivity index (χ2n) is 4.56. The van der Waals surface area contributed by atoms with Crippen molar-refractivity contribution in [2.24, 2.45) is 11.7 Å². The Morgan fingerprint density at radius 1 is 1.57 bits per heavy atom. The molecule has 1 aliphatic carbocycles. The minimum Gasteiger partial charge on any atom is -0.354 e. The number of amides is 1. The summed E-state index contributed by atoms with van der Waals surface area (Å²) in [4.78, 5) is 11.2. The normalized spacial score (nSPS) is 21.5. The van der Waals surface area contributed by atoms with Crippen LogP contribution in [-0.2, 0) is 4.79 Å². The summed E-state index contributed by atoms with van der Waals surface area (Å²) in [6.45, 7) is 3.46. The Morgan fingerprint density at radius 3 is 2.43 bits per heavy atom. The minimum atomic E-state index is -2.52. The first-order valence-corrected chi connectivity index (χ1v) is 4.66. The zero-order valence-corrected chi connectivity index (χ0v) is 8.44. The monoisotopic (exact) mass is 206 g/mol. The zero-order chi connectivity index (χ0) is 11.0. The fraction of sp³-hybridized carbons (Fsp3) is 0.889. The third-order valence-electron chi connectivity index (χ3n) is 2.31. The molecule has 0 heterocycles. The molecule has 0 unspecified atom stereocenters. The topological polar surface area (TPSA) is 55.1 Å². The average Bonchev–Trinajstić information content (AvgIpc) is 1.93. The number of carbonyl (C=O) groups excluding carboxylic acids is 1. The fourth-order valence-electron chi connectivity index (χ4n) is 1.39. The number of rotatable bonds is 3. The number of halogens is 2. The Labute approximate surface area is 82.0 Å². The van der Waals surface area contributed by atoms with Crippen molar-refractivity contribution in [2.75, 3.05) is 6.54 Å². The predicted octanol–water partition coefficient (Wildman–Crippen LogP) is 0.885. The first-order valence-electron chi connectivity index (χ1n) is 4.66. The number of alkyl halides is 2. The Balaban J connectivity index is 2.21. The van der Waals surface area contributed by atoms with Crippen LogP contribution in [0.1, 0.15) is 26.7 Å². The highest BCUT2D eigenvalue weighted by Crippen LogP contribution is 2.41. The third kappa shape index (κ3) is 2.90. The molecule has 1 saturated carbocycles. The highest BCUT2D eigenvalue weighted by atomic mass is 19.3. The fourth-order valence-corrected chi connectivity index (χ4v) is 1.39. The number of nitrogens with one attached hydrogen (secondary N) is 1. The van der Waals surface area contributed by atoms with Crippen molar-refractivity contribution in [3.63, 3.8) is 0 Å². The van der Waals surface area contributed by atoms with Crippen LogP contribution >= 0.6 is 0 Å². The molecule has 3 nitrogen and oxygen atoms in total. The van der Waals surface area contributed by atoms with Gasteiger partial charge in [0, 0.05) is 19.4 Å². The number of hydrogen-bond acceptors (Lipinski definition) is 2. The standard InChI is InChI=1S/C9H16F2N2O/c1-8(2,12)7(14)13-5-6-3-9(10,11)4-6/h6H,3-5,12H2,1-2H3,(H,13,14). The van der Waals surface area contributed by atoms with Gasteiger partial charge in [-0.25, -0.2) is 8.78 Å². The molecule has 1 aliphatic rings. The van der Waals surface area contributed by atoms with Crippen molar-refractivity contribution < 1.29 is 13.6 Å². The maximum Gasteiger partial charge on any atom is 0.248 e. The lowest BCUT2D eigenvalue weighted by atomic mass is 9.81. The zero-order valence-electron chi connectivity index (χ0n) is 8.44. The summed E-state index contributed by atoms with van der Waals surface area (Å²) in [6, 6.07) is 0. The van der Waals surface area contributed by atoms with Gasteiger partial charge < -0.3 is 11.1 Å². The highest BCUT2D eigenvalue weighted by molar-refractivity contribution is 5.84. The van der Waals surface area contributed by atoms with Crippen LogP contribution in [-0.4, -0.2) is 23.9 Å². The average molecular weight is 206 g/mol. The van der Waals surface area contributed by atoms with Gasteiger partial charge in [-0.1, -0.05) is 0 Å². The molecule has 0 atom stereocenters. The molecule has 1 fully saturated rings. The molecule has 0 saturated heterocycles. The van der Waals surface area contributed by atoms with Crippen LogP contribution in [0, 0.1) is 5.92 Å². The van der Waals surface area contributed by atoms with Crippen molar-refractivity contribution in [3.05, 3.63) is 0 Å². The lowest BCUT2D eigenvalue weighted by molar-refractivity contribution is -0.129. The van der Waals surface area contributed by atoms with Crippen molar-refractivity contribution in [1.82, 2.24) is 5.32 Å². The Morgan fingerprint density at radius 2 is 2.07 bits per heavy atom. The Kier molecular flexibility index (Phi) is 2.81. The van der Waals surface area contributed by atoms with E-state index in [0.29, 0.717) is 6.54 Å². The summed E-state index contributed by atoms with van der Waals surface area (Å²) in [6.07, 6.45) is -0.253. The van der Waals surface area contributed by atoms with E-state index in [1.54, 1.807) is 13.8 Å². The van der Waals surface area contributed by atoms with E-state index in [1.165, 1.54) is 0 Å². The molecule has 0 bridgehead atoms. The molecule has 0 spiro atoms. The van der Waals surface area contributed by atoms with Gasteiger partial charge in [0.2, 0.25) is 11.8 Å². The quantitative estimate of drug-likeness (QED) is 0.720. The third-order valence-corrected chi connectivity index (χ3v) is 2.31. The van der Waals surface area contributed by atoms with Crippen LogP contribution in [0.15, 0.2) is 0 Å². The molecule has 0 aromatic rings. The van der Waals surface area contributed by atoms with Gasteiger partial charge in [0.15, 0.2) is 0 Å². The van der Waals surface area contributed by atoms with Crippen LogP contribution in [0.25, 0.3) is 0 Å². The van der Waals surface area contributed by atoms with Crippen LogP contribution in [0.5, 0.6) is 0 Å². The van der Waals surface area contributed by atoms with E-state index in [2.05, 4.69) is 5.32 Å². The summed E-state index contributed by atoms with van der Waals surface area (Å²) in [5.41, 5.74) is 4.58. The van der Waals surface area contributed by atoms with E-state index < -0.39 is 11.5 Å². The van der Waals surface area contributed by atoms with Gasteiger partial charge in [0.1, 0.15) is 0 Å². The van der Waals surface area contributed by atoms with Crippen molar-refractivity contribution in [3.8, 4) is 0 Å². The Hall–Kier alpha value is -0.710. The first-order chi connectivity index (χ1) is 6.21. The predicted molar refractivity (Wildman–Crippen MR) is 48.9 cm³/mol. The molecule has 0 aromatic heterocycles. The van der Waals surface area contributed by atoms with Gasteiger partial charge in [-0.15, -0.1) is 0 Å². The molecule has 0 aliphatic heterocycles. The van der Waals surface area contributed by atoms with Gasteiger partial charge in [-0.3, -0.25) is 4.79 Å². The summed E-state index contributed by atoms with van der Waals surface area (Å²) < 4.78 is 24.8. The van der Waals surface area contributed by atoms with Crippen LogP contribution in [0.2, 0.25) is 0 Å². The van der Waals surface area contributed by atoms with Crippen molar-refractivity contribution in [1.29, 1.82) is 0 Å². The van der Waals surface area contributed by atoms with E-state index in [1.807, 2.05) is 0 Å². The molecular formula is C9H16F2N2O. The molecule has 0 radical (unpaired) electrons. The van der Waals surface area contributed by atoms with Crippen LogP contribution in [0.4, 0.5) is 8.78 Å².